The van der Waals surface area contributed by atoms with E-state index < -0.39 is 0 Å². The Hall–Kier alpha value is -1.95. The van der Waals surface area contributed by atoms with Crippen molar-refractivity contribution in [2.75, 3.05) is 13.7 Å². The summed E-state index contributed by atoms with van der Waals surface area (Å²) in [4.78, 5) is 18.9. The molecule has 0 aromatic carbocycles. The molecule has 0 spiro atoms. The van der Waals surface area contributed by atoms with Crippen LogP contribution >= 0.6 is 0 Å². The molecule has 0 amide bonds. The molecule has 0 aliphatic rings. The molecule has 0 fully saturated rings. The number of ether oxygens (including phenoxy) is 1. The lowest BCUT2D eigenvalue weighted by Gasteiger charge is -2.02. The van der Waals surface area contributed by atoms with Crippen molar-refractivity contribution in [3.05, 3.63) is 34.5 Å². The van der Waals surface area contributed by atoms with Crippen LogP contribution in [0.15, 0.2) is 23.3 Å². The average molecular weight is 276 g/mol. The minimum Gasteiger partial charge on any atom is -0.385 e. The molecule has 20 heavy (non-hydrogen) atoms. The summed E-state index contributed by atoms with van der Waals surface area (Å²) in [6.45, 7) is 3.62. The molecule has 0 saturated carbocycles. The summed E-state index contributed by atoms with van der Waals surface area (Å²) >= 11 is 0. The molecule has 0 unspecified atom stereocenters. The fraction of sp³-hybridized carbons (Fsp3) is 0.500. The molecule has 2 aromatic heterocycles. The molecule has 0 atom stereocenters. The molecule has 0 saturated heterocycles. The maximum atomic E-state index is 11.7. The van der Waals surface area contributed by atoms with Crippen LogP contribution < -0.4 is 5.56 Å². The maximum absolute atomic E-state index is 11.7. The number of nitrogens with one attached hydrogen (secondary N) is 1. The predicted molar refractivity (Wildman–Crippen MR) is 76.6 cm³/mol. The highest BCUT2D eigenvalue weighted by Gasteiger charge is 2.06. The van der Waals surface area contributed by atoms with E-state index in [-0.39, 0.29) is 5.56 Å². The zero-order valence-corrected chi connectivity index (χ0v) is 11.9. The largest absolute Gasteiger partial charge is 0.385 e. The van der Waals surface area contributed by atoms with E-state index in [0.29, 0.717) is 12.4 Å². The summed E-state index contributed by atoms with van der Waals surface area (Å²) in [5.74, 6) is 0.576. The zero-order chi connectivity index (χ0) is 14.4. The molecule has 2 aromatic rings. The molecule has 0 radical (unpaired) electrons. The van der Waals surface area contributed by atoms with Crippen LogP contribution in [0.1, 0.15) is 25.5 Å². The number of hydrogen-bond acceptors (Lipinski definition) is 4. The second kappa shape index (κ2) is 7.00. The van der Waals surface area contributed by atoms with Crippen LogP contribution in [0.3, 0.4) is 0 Å². The molecule has 108 valence electrons. The Balaban J connectivity index is 2.19. The predicted octanol–water partition coefficient (Wildman–Crippen LogP) is 1.62. The molecule has 2 heterocycles. The van der Waals surface area contributed by atoms with Crippen molar-refractivity contribution >= 4 is 0 Å². The van der Waals surface area contributed by atoms with Gasteiger partial charge in [-0.1, -0.05) is 6.92 Å². The second-order valence-electron chi connectivity index (χ2n) is 4.67. The summed E-state index contributed by atoms with van der Waals surface area (Å²) in [5.41, 5.74) is 1.49. The van der Waals surface area contributed by atoms with Gasteiger partial charge in [-0.2, -0.15) is 5.10 Å². The average Bonchev–Trinajstić information content (AvgIpc) is 2.88. The minimum atomic E-state index is -0.134. The van der Waals surface area contributed by atoms with Crippen LogP contribution in [0.5, 0.6) is 0 Å². The highest BCUT2D eigenvalue weighted by atomic mass is 16.5. The molecule has 6 nitrogen and oxygen atoms in total. The van der Waals surface area contributed by atoms with Gasteiger partial charge in [-0.3, -0.25) is 9.48 Å². The topological polar surface area (TPSA) is 72.8 Å². The Kier molecular flexibility index (Phi) is 5.06. The van der Waals surface area contributed by atoms with Crippen LogP contribution in [0, 0.1) is 0 Å². The summed E-state index contributed by atoms with van der Waals surface area (Å²) < 4.78 is 6.87. The van der Waals surface area contributed by atoms with Gasteiger partial charge in [0.05, 0.1) is 11.8 Å². The number of nitrogens with zero attached hydrogens (tertiary/aromatic N) is 3. The molecule has 6 heteroatoms. The Morgan fingerprint density at radius 2 is 2.30 bits per heavy atom. The number of hydrogen-bond donors (Lipinski definition) is 1. The van der Waals surface area contributed by atoms with Crippen molar-refractivity contribution in [2.45, 2.75) is 32.7 Å². The van der Waals surface area contributed by atoms with Gasteiger partial charge in [0, 0.05) is 38.2 Å². The van der Waals surface area contributed by atoms with E-state index in [1.807, 2.05) is 10.9 Å². The third kappa shape index (κ3) is 3.77. The third-order valence-electron chi connectivity index (χ3n) is 2.94. The van der Waals surface area contributed by atoms with E-state index in [4.69, 9.17) is 4.74 Å². The van der Waals surface area contributed by atoms with Gasteiger partial charge in [0.1, 0.15) is 5.82 Å². The Morgan fingerprint density at radius 3 is 3.05 bits per heavy atom. The van der Waals surface area contributed by atoms with E-state index >= 15 is 0 Å². The van der Waals surface area contributed by atoms with E-state index in [0.717, 1.165) is 37.1 Å². The molecule has 0 aliphatic heterocycles. The quantitative estimate of drug-likeness (QED) is 0.780. The van der Waals surface area contributed by atoms with Crippen molar-refractivity contribution in [1.82, 2.24) is 19.7 Å². The van der Waals surface area contributed by atoms with E-state index in [1.165, 1.54) is 6.07 Å². The lowest BCUT2D eigenvalue weighted by atomic mass is 10.2. The van der Waals surface area contributed by atoms with Gasteiger partial charge in [-0.05, 0) is 19.3 Å². The van der Waals surface area contributed by atoms with Crippen molar-refractivity contribution in [1.29, 1.82) is 0 Å². The van der Waals surface area contributed by atoms with Gasteiger partial charge in [-0.25, -0.2) is 4.98 Å². The van der Waals surface area contributed by atoms with Crippen LogP contribution in [-0.2, 0) is 17.7 Å². The summed E-state index contributed by atoms with van der Waals surface area (Å²) in [6, 6.07) is 1.54. The number of aromatic nitrogens is 4. The van der Waals surface area contributed by atoms with Crippen LogP contribution in [0.25, 0.3) is 11.4 Å². The van der Waals surface area contributed by atoms with Gasteiger partial charge >= 0.3 is 0 Å². The molecular weight excluding hydrogens is 256 g/mol. The highest BCUT2D eigenvalue weighted by molar-refractivity contribution is 5.51. The first-order valence-corrected chi connectivity index (χ1v) is 6.85. The van der Waals surface area contributed by atoms with Gasteiger partial charge in [0.25, 0.3) is 5.56 Å². The number of aryl methyl sites for hydroxylation is 2. The van der Waals surface area contributed by atoms with Crippen LogP contribution in [0.2, 0.25) is 0 Å². The minimum absolute atomic E-state index is 0.134. The zero-order valence-electron chi connectivity index (χ0n) is 11.9. The van der Waals surface area contributed by atoms with Crippen LogP contribution in [0.4, 0.5) is 0 Å². The van der Waals surface area contributed by atoms with Gasteiger partial charge in [0.15, 0.2) is 0 Å². The number of H-pyrrole nitrogens is 1. The van der Waals surface area contributed by atoms with Gasteiger partial charge in [0.2, 0.25) is 0 Å². The highest BCUT2D eigenvalue weighted by Crippen LogP contribution is 2.13. The van der Waals surface area contributed by atoms with Crippen LogP contribution in [-0.4, -0.2) is 33.5 Å². The Bertz CT molecular complexity index is 603. The molecular formula is C14H20N4O2. The standard InChI is InChI=1S/C14H20N4O2/c1-3-6-18-10-11(9-15-18)14-16-12(5-4-7-20-2)8-13(19)17-14/h8-10H,3-7H2,1-2H3,(H,16,17,19). The molecule has 2 rings (SSSR count). The molecule has 0 aliphatic carbocycles. The lowest BCUT2D eigenvalue weighted by Crippen LogP contribution is -2.10. The summed E-state index contributed by atoms with van der Waals surface area (Å²) in [5, 5.41) is 4.25. The van der Waals surface area contributed by atoms with Crippen molar-refractivity contribution < 1.29 is 4.74 Å². The van der Waals surface area contributed by atoms with Crippen molar-refractivity contribution in [2.24, 2.45) is 0 Å². The number of rotatable bonds is 7. The second-order valence-corrected chi connectivity index (χ2v) is 4.67. The maximum Gasteiger partial charge on any atom is 0.251 e. The van der Waals surface area contributed by atoms with E-state index in [9.17, 15) is 4.79 Å². The summed E-state index contributed by atoms with van der Waals surface area (Å²) in [6.07, 6.45) is 6.23. The number of aromatic amines is 1. The molecule has 0 bridgehead atoms. The first kappa shape index (κ1) is 14.5. The Labute approximate surface area is 117 Å². The molecule has 1 N–H and O–H groups in total. The van der Waals surface area contributed by atoms with E-state index in [1.54, 1.807) is 13.3 Å². The van der Waals surface area contributed by atoms with Crippen molar-refractivity contribution in [3.8, 4) is 11.4 Å². The van der Waals surface area contributed by atoms with Gasteiger partial charge < -0.3 is 9.72 Å². The number of methoxy groups -OCH3 is 1. The third-order valence-corrected chi connectivity index (χ3v) is 2.94. The normalized spacial score (nSPS) is 10.9. The first-order chi connectivity index (χ1) is 9.72. The van der Waals surface area contributed by atoms with Crippen molar-refractivity contribution in [3.63, 3.8) is 0 Å². The fourth-order valence-electron chi connectivity index (χ4n) is 2.01. The smallest absolute Gasteiger partial charge is 0.251 e. The Morgan fingerprint density at radius 1 is 1.45 bits per heavy atom. The summed E-state index contributed by atoms with van der Waals surface area (Å²) in [7, 11) is 1.67. The lowest BCUT2D eigenvalue weighted by molar-refractivity contribution is 0.195. The first-order valence-electron chi connectivity index (χ1n) is 6.85. The van der Waals surface area contributed by atoms with E-state index in [2.05, 4.69) is 22.0 Å². The van der Waals surface area contributed by atoms with Gasteiger partial charge in [-0.15, -0.1) is 0 Å². The SMILES string of the molecule is CCCn1cc(-c2nc(CCCOC)cc(=O)[nH]2)cn1. The monoisotopic (exact) mass is 276 g/mol. The fourth-order valence-corrected chi connectivity index (χ4v) is 2.01.